The number of hydrogen-bond acceptors (Lipinski definition) is 4. The maximum atomic E-state index is 12.0. The van der Waals surface area contributed by atoms with E-state index in [1.54, 1.807) is 12.1 Å². The van der Waals surface area contributed by atoms with E-state index in [1.807, 2.05) is 54.5 Å². The molecule has 0 amide bonds. The number of sulfonamides is 1. The summed E-state index contributed by atoms with van der Waals surface area (Å²) in [4.78, 5) is 0.122. The molecule has 2 rings (SSSR count). The van der Waals surface area contributed by atoms with Gasteiger partial charge in [0.15, 0.2) is 0 Å². The van der Waals surface area contributed by atoms with Crippen molar-refractivity contribution < 1.29 is 17.7 Å². The zero-order valence-electron chi connectivity index (χ0n) is 14.9. The highest BCUT2D eigenvalue weighted by Crippen LogP contribution is 2.37. The lowest BCUT2D eigenvalue weighted by atomic mass is 9.77. The highest BCUT2D eigenvalue weighted by atomic mass is 32.2. The van der Waals surface area contributed by atoms with Crippen molar-refractivity contribution in [2.45, 2.75) is 70.0 Å². The van der Waals surface area contributed by atoms with Gasteiger partial charge >= 0.3 is 7.12 Å². The second-order valence-electron chi connectivity index (χ2n) is 8.14. The predicted molar refractivity (Wildman–Crippen MR) is 92.2 cm³/mol. The van der Waals surface area contributed by atoms with Crippen molar-refractivity contribution in [3.8, 4) is 0 Å². The molecule has 0 atom stereocenters. The Morgan fingerprint density at radius 3 is 1.91 bits per heavy atom. The van der Waals surface area contributed by atoms with Crippen molar-refractivity contribution in [1.82, 2.24) is 0 Å². The third-order valence-corrected chi connectivity index (χ3v) is 5.60. The highest BCUT2D eigenvalue weighted by Gasteiger charge is 2.51. The summed E-state index contributed by atoms with van der Waals surface area (Å²) in [6, 6.07) is 5.20. The first-order valence-corrected chi connectivity index (χ1v) is 9.23. The van der Waals surface area contributed by atoms with Crippen LogP contribution in [0.5, 0.6) is 0 Å². The molecule has 0 aliphatic carbocycles. The lowest BCUT2D eigenvalue weighted by Gasteiger charge is -2.32. The van der Waals surface area contributed by atoms with Crippen LogP contribution in [0.25, 0.3) is 0 Å². The standard InChI is InChI=1S/C16H26BNO4S/c1-14(2,3)12-9-8-11(10-13(12)23(18,19)20)17-21-15(4,5)16(6,7)22-17/h8-10H,1-7H3,(H2,18,19,20). The number of hydrogen-bond donors (Lipinski definition) is 1. The molecule has 1 fully saturated rings. The molecule has 2 N–H and O–H groups in total. The van der Waals surface area contributed by atoms with E-state index < -0.39 is 28.3 Å². The van der Waals surface area contributed by atoms with Crippen LogP contribution in [0.4, 0.5) is 0 Å². The number of primary sulfonamides is 1. The highest BCUT2D eigenvalue weighted by molar-refractivity contribution is 7.89. The van der Waals surface area contributed by atoms with Gasteiger partial charge in [0.25, 0.3) is 0 Å². The zero-order valence-corrected chi connectivity index (χ0v) is 15.7. The molecule has 0 bridgehead atoms. The molecular weight excluding hydrogens is 313 g/mol. The molecule has 1 aromatic carbocycles. The minimum Gasteiger partial charge on any atom is -0.399 e. The van der Waals surface area contributed by atoms with Gasteiger partial charge in [0.1, 0.15) is 0 Å². The van der Waals surface area contributed by atoms with Gasteiger partial charge in [-0.1, -0.05) is 32.9 Å². The molecule has 0 spiro atoms. The largest absolute Gasteiger partial charge is 0.494 e. The first-order valence-electron chi connectivity index (χ1n) is 7.68. The third kappa shape index (κ3) is 3.48. The summed E-state index contributed by atoms with van der Waals surface area (Å²) in [6.07, 6.45) is 0. The smallest absolute Gasteiger partial charge is 0.399 e. The molecule has 0 saturated carbocycles. The summed E-state index contributed by atoms with van der Waals surface area (Å²) in [7, 11) is -4.45. The Balaban J connectivity index is 2.52. The molecule has 0 unspecified atom stereocenters. The fourth-order valence-electron chi connectivity index (χ4n) is 2.52. The minimum absolute atomic E-state index is 0.122. The summed E-state index contributed by atoms with van der Waals surface area (Å²) < 4.78 is 36.0. The van der Waals surface area contributed by atoms with Gasteiger partial charge in [-0.25, -0.2) is 13.6 Å². The number of benzene rings is 1. The predicted octanol–water partition coefficient (Wildman–Crippen LogP) is 1.93. The Morgan fingerprint density at radius 1 is 1.04 bits per heavy atom. The molecule has 1 heterocycles. The monoisotopic (exact) mass is 339 g/mol. The van der Waals surface area contributed by atoms with Crippen LogP contribution in [0.1, 0.15) is 54.0 Å². The molecule has 1 aliphatic rings. The first kappa shape index (κ1) is 18.5. The van der Waals surface area contributed by atoms with Gasteiger partial charge in [0, 0.05) is 0 Å². The summed E-state index contributed by atoms with van der Waals surface area (Å²) in [5, 5.41) is 5.42. The topological polar surface area (TPSA) is 78.6 Å². The third-order valence-electron chi connectivity index (χ3n) is 4.65. The average molecular weight is 339 g/mol. The van der Waals surface area contributed by atoms with E-state index in [0.29, 0.717) is 11.0 Å². The zero-order chi connectivity index (χ0) is 17.8. The van der Waals surface area contributed by atoms with Crippen molar-refractivity contribution in [1.29, 1.82) is 0 Å². The maximum absolute atomic E-state index is 12.0. The van der Waals surface area contributed by atoms with Gasteiger partial charge in [-0.05, 0) is 50.2 Å². The number of nitrogens with two attached hydrogens (primary N) is 1. The molecule has 0 radical (unpaired) electrons. The van der Waals surface area contributed by atoms with E-state index in [4.69, 9.17) is 14.4 Å². The van der Waals surface area contributed by atoms with Gasteiger partial charge in [-0.2, -0.15) is 0 Å². The summed E-state index contributed by atoms with van der Waals surface area (Å²) in [5.74, 6) is 0. The molecular formula is C16H26BNO4S. The molecule has 128 valence electrons. The maximum Gasteiger partial charge on any atom is 0.494 e. The molecule has 1 saturated heterocycles. The molecule has 23 heavy (non-hydrogen) atoms. The van der Waals surface area contributed by atoms with E-state index in [9.17, 15) is 8.42 Å². The van der Waals surface area contributed by atoms with E-state index in [0.717, 1.165) is 0 Å². The van der Waals surface area contributed by atoms with Crippen LogP contribution in [0.15, 0.2) is 23.1 Å². The Bertz CT molecular complexity index is 704. The van der Waals surface area contributed by atoms with Crippen LogP contribution < -0.4 is 10.6 Å². The van der Waals surface area contributed by atoms with E-state index in [2.05, 4.69) is 0 Å². The van der Waals surface area contributed by atoms with Crippen LogP contribution in [-0.2, 0) is 24.7 Å². The van der Waals surface area contributed by atoms with Crippen LogP contribution in [-0.4, -0.2) is 26.7 Å². The minimum atomic E-state index is -3.84. The summed E-state index contributed by atoms with van der Waals surface area (Å²) >= 11 is 0. The first-order chi connectivity index (χ1) is 10.2. The lowest BCUT2D eigenvalue weighted by molar-refractivity contribution is 0.00578. The molecule has 1 aliphatic heterocycles. The SMILES string of the molecule is CC(C)(C)c1ccc(B2OC(C)(C)C(C)(C)O2)cc1S(N)(=O)=O. The van der Waals surface area contributed by atoms with Crippen molar-refractivity contribution >= 4 is 22.6 Å². The fraction of sp³-hybridized carbons (Fsp3) is 0.625. The molecule has 0 aromatic heterocycles. The van der Waals surface area contributed by atoms with Crippen LogP contribution >= 0.6 is 0 Å². The van der Waals surface area contributed by atoms with E-state index in [-0.39, 0.29) is 10.3 Å². The average Bonchev–Trinajstić information content (AvgIpc) is 2.55. The second-order valence-corrected chi connectivity index (χ2v) is 9.67. The number of rotatable bonds is 2. The Kier molecular flexibility index (Phi) is 4.26. The summed E-state index contributed by atoms with van der Waals surface area (Å²) in [6.45, 7) is 13.7. The van der Waals surface area contributed by atoms with Crippen molar-refractivity contribution in [3.63, 3.8) is 0 Å². The van der Waals surface area contributed by atoms with Gasteiger partial charge in [0.2, 0.25) is 10.0 Å². The van der Waals surface area contributed by atoms with Crippen LogP contribution in [0.2, 0.25) is 0 Å². The quantitative estimate of drug-likeness (QED) is 0.835. The lowest BCUT2D eigenvalue weighted by Crippen LogP contribution is -2.41. The van der Waals surface area contributed by atoms with E-state index >= 15 is 0 Å². The second kappa shape index (κ2) is 5.31. The molecule has 1 aromatic rings. The van der Waals surface area contributed by atoms with Gasteiger partial charge in [-0.15, -0.1) is 0 Å². The Hall–Kier alpha value is -0.885. The fourth-order valence-corrected chi connectivity index (χ4v) is 3.50. The van der Waals surface area contributed by atoms with Crippen LogP contribution in [0.3, 0.4) is 0 Å². The van der Waals surface area contributed by atoms with Crippen molar-refractivity contribution in [3.05, 3.63) is 23.8 Å². The normalized spacial score (nSPS) is 20.8. The molecule has 5 nitrogen and oxygen atoms in total. The van der Waals surface area contributed by atoms with Gasteiger partial charge in [-0.3, -0.25) is 0 Å². The summed E-state index contributed by atoms with van der Waals surface area (Å²) in [5.41, 5.74) is 0.0291. The van der Waals surface area contributed by atoms with Gasteiger partial charge < -0.3 is 9.31 Å². The van der Waals surface area contributed by atoms with E-state index in [1.165, 1.54) is 0 Å². The van der Waals surface area contributed by atoms with Gasteiger partial charge in [0.05, 0.1) is 16.1 Å². The van der Waals surface area contributed by atoms with Crippen molar-refractivity contribution in [2.75, 3.05) is 0 Å². The Labute approximate surface area is 139 Å². The Morgan fingerprint density at radius 2 is 1.52 bits per heavy atom. The van der Waals surface area contributed by atoms with Crippen LogP contribution in [0, 0.1) is 0 Å². The molecule has 7 heteroatoms. The van der Waals surface area contributed by atoms with Crippen molar-refractivity contribution in [2.24, 2.45) is 5.14 Å².